The van der Waals surface area contributed by atoms with E-state index in [1.165, 1.54) is 17.7 Å². The third-order valence-electron chi connectivity index (χ3n) is 5.86. The molecule has 0 saturated carbocycles. The summed E-state index contributed by atoms with van der Waals surface area (Å²) >= 11 is 0. The Morgan fingerprint density at radius 1 is 1.14 bits per heavy atom. The second-order valence-corrected chi connectivity index (χ2v) is 7.75. The smallest absolute Gasteiger partial charge is 0.303 e. The van der Waals surface area contributed by atoms with Crippen LogP contribution in [-0.2, 0) is 35.3 Å². The molecule has 2 heterocycles. The molecule has 1 aromatic carbocycles. The van der Waals surface area contributed by atoms with Crippen molar-refractivity contribution in [2.24, 2.45) is 0 Å². The Morgan fingerprint density at radius 2 is 1.97 bits per heavy atom. The lowest BCUT2D eigenvalue weighted by Gasteiger charge is -2.08. The fourth-order valence-corrected chi connectivity index (χ4v) is 4.53. The number of carbonyl (C=O) groups is 2. The first kappa shape index (κ1) is 19.5. The van der Waals surface area contributed by atoms with Crippen molar-refractivity contribution in [1.29, 1.82) is 0 Å². The summed E-state index contributed by atoms with van der Waals surface area (Å²) in [6.07, 6.45) is 8.16. The van der Waals surface area contributed by atoms with Gasteiger partial charge in [0.05, 0.1) is 5.57 Å². The van der Waals surface area contributed by atoms with E-state index in [4.69, 9.17) is 0 Å². The molecule has 1 aliphatic heterocycles. The Balaban J connectivity index is 1.81. The van der Waals surface area contributed by atoms with E-state index in [0.717, 1.165) is 53.8 Å². The Morgan fingerprint density at radius 3 is 2.76 bits per heavy atom. The number of H-pyrrole nitrogens is 1. The first-order chi connectivity index (χ1) is 14.1. The fourth-order valence-electron chi connectivity index (χ4n) is 4.53. The largest absolute Gasteiger partial charge is 0.481 e. The molecule has 0 unspecified atom stereocenters. The van der Waals surface area contributed by atoms with E-state index in [2.05, 4.69) is 10.3 Å². The number of aryl methyl sites for hydroxylation is 1. The predicted molar refractivity (Wildman–Crippen MR) is 112 cm³/mol. The number of carboxylic acid groups (broad SMARTS) is 1. The van der Waals surface area contributed by atoms with Crippen molar-refractivity contribution in [3.63, 3.8) is 0 Å². The third kappa shape index (κ3) is 3.85. The van der Waals surface area contributed by atoms with Gasteiger partial charge < -0.3 is 20.5 Å². The van der Waals surface area contributed by atoms with Gasteiger partial charge in [-0.1, -0.05) is 18.6 Å². The molecular formula is C23H26N2O4. The molecule has 4 rings (SSSR count). The minimum Gasteiger partial charge on any atom is -0.481 e. The molecule has 0 spiro atoms. The van der Waals surface area contributed by atoms with Gasteiger partial charge in [0.15, 0.2) is 0 Å². The van der Waals surface area contributed by atoms with Gasteiger partial charge in [-0.2, -0.15) is 0 Å². The molecule has 152 valence electrons. The number of aliphatic carboxylic acids is 1. The zero-order chi connectivity index (χ0) is 20.4. The van der Waals surface area contributed by atoms with Crippen LogP contribution in [0.15, 0.2) is 18.2 Å². The van der Waals surface area contributed by atoms with Crippen LogP contribution in [0.5, 0.6) is 0 Å². The summed E-state index contributed by atoms with van der Waals surface area (Å²) < 4.78 is 0. The Kier molecular flexibility index (Phi) is 5.53. The highest BCUT2D eigenvalue weighted by atomic mass is 16.4. The van der Waals surface area contributed by atoms with E-state index in [1.807, 2.05) is 24.3 Å². The fraction of sp³-hybridized carbons (Fsp3) is 0.391. The van der Waals surface area contributed by atoms with Crippen LogP contribution in [-0.4, -0.2) is 33.7 Å². The minimum atomic E-state index is -0.818. The molecule has 1 aromatic heterocycles. The van der Waals surface area contributed by atoms with Gasteiger partial charge in [-0.05, 0) is 67.4 Å². The van der Waals surface area contributed by atoms with Crippen molar-refractivity contribution in [1.82, 2.24) is 4.98 Å². The summed E-state index contributed by atoms with van der Waals surface area (Å²) in [7, 11) is 0. The van der Waals surface area contributed by atoms with E-state index >= 15 is 0 Å². The van der Waals surface area contributed by atoms with Crippen LogP contribution in [0.1, 0.15) is 59.3 Å². The van der Waals surface area contributed by atoms with Crippen LogP contribution < -0.4 is 5.32 Å². The van der Waals surface area contributed by atoms with E-state index in [1.54, 1.807) is 0 Å². The maximum Gasteiger partial charge on any atom is 0.303 e. The molecule has 0 fully saturated rings. The van der Waals surface area contributed by atoms with E-state index in [-0.39, 0.29) is 18.9 Å². The van der Waals surface area contributed by atoms with Gasteiger partial charge in [0.1, 0.15) is 0 Å². The molecule has 6 nitrogen and oxygen atoms in total. The molecular weight excluding hydrogens is 368 g/mol. The number of hydrogen-bond acceptors (Lipinski definition) is 3. The van der Waals surface area contributed by atoms with Gasteiger partial charge in [0.2, 0.25) is 0 Å². The Labute approximate surface area is 169 Å². The molecule has 0 saturated heterocycles. The number of carbonyl (C=O) groups excluding carboxylic acids is 1. The number of benzene rings is 1. The molecule has 6 heteroatoms. The van der Waals surface area contributed by atoms with Crippen molar-refractivity contribution >= 4 is 29.2 Å². The number of anilines is 1. The highest BCUT2D eigenvalue weighted by Gasteiger charge is 2.28. The molecule has 29 heavy (non-hydrogen) atoms. The standard InChI is InChI=1S/C23H26N2O4/c26-12-11-14-5-4-8-19-22(14)17(23(29)25-19)13-20-16(9-10-21(27)28)15-6-2-1-3-7-18(15)24-20/h4-5,8,13,24,26H,1-3,6-7,9-12H2,(H,25,29)(H,27,28). The molecule has 0 atom stereocenters. The Hall–Kier alpha value is -2.86. The minimum absolute atomic E-state index is 0.0125. The summed E-state index contributed by atoms with van der Waals surface area (Å²) in [6.45, 7) is 0.0125. The first-order valence-corrected chi connectivity index (χ1v) is 10.3. The van der Waals surface area contributed by atoms with E-state index in [0.29, 0.717) is 18.4 Å². The highest BCUT2D eigenvalue weighted by Crippen LogP contribution is 2.37. The van der Waals surface area contributed by atoms with Crippen LogP contribution in [0.3, 0.4) is 0 Å². The van der Waals surface area contributed by atoms with E-state index < -0.39 is 5.97 Å². The topological polar surface area (TPSA) is 102 Å². The molecule has 1 amide bonds. The summed E-state index contributed by atoms with van der Waals surface area (Å²) in [5.74, 6) is -0.985. The molecule has 1 aliphatic carbocycles. The number of nitrogens with one attached hydrogen (secondary N) is 2. The van der Waals surface area contributed by atoms with Gasteiger partial charge in [-0.15, -0.1) is 0 Å². The van der Waals surface area contributed by atoms with Gasteiger partial charge in [-0.25, -0.2) is 0 Å². The lowest BCUT2D eigenvalue weighted by Crippen LogP contribution is -2.05. The number of aliphatic hydroxyl groups excluding tert-OH is 1. The van der Waals surface area contributed by atoms with Crippen LogP contribution in [0.25, 0.3) is 11.6 Å². The molecule has 0 bridgehead atoms. The van der Waals surface area contributed by atoms with Crippen molar-refractivity contribution in [3.8, 4) is 0 Å². The highest BCUT2D eigenvalue weighted by molar-refractivity contribution is 6.35. The second-order valence-electron chi connectivity index (χ2n) is 7.75. The summed E-state index contributed by atoms with van der Waals surface area (Å²) in [5, 5.41) is 21.5. The number of carboxylic acids is 1. The predicted octanol–water partition coefficient (Wildman–Crippen LogP) is 3.33. The SMILES string of the molecule is O=C(O)CCc1c(C=C2C(=O)Nc3cccc(CCO)c32)[nH]c2c1CCCCC2. The number of aliphatic hydroxyl groups is 1. The average molecular weight is 394 g/mol. The number of fused-ring (bicyclic) bond motifs is 2. The number of amides is 1. The van der Waals surface area contributed by atoms with Gasteiger partial charge in [0.25, 0.3) is 5.91 Å². The van der Waals surface area contributed by atoms with Crippen molar-refractivity contribution in [2.75, 3.05) is 11.9 Å². The summed E-state index contributed by atoms with van der Waals surface area (Å²) in [6, 6.07) is 5.67. The van der Waals surface area contributed by atoms with Crippen molar-refractivity contribution in [3.05, 3.63) is 51.8 Å². The second kappa shape index (κ2) is 8.25. The Bertz CT molecular complexity index is 987. The van der Waals surface area contributed by atoms with Gasteiger partial charge >= 0.3 is 5.97 Å². The lowest BCUT2D eigenvalue weighted by molar-refractivity contribution is -0.137. The number of rotatable bonds is 6. The van der Waals surface area contributed by atoms with Gasteiger partial charge in [0, 0.05) is 35.7 Å². The summed E-state index contributed by atoms with van der Waals surface area (Å²) in [5.41, 5.74) is 7.36. The zero-order valence-electron chi connectivity index (χ0n) is 16.4. The molecule has 2 aromatic rings. The number of aromatic nitrogens is 1. The first-order valence-electron chi connectivity index (χ1n) is 10.3. The number of aromatic amines is 1. The maximum atomic E-state index is 12.7. The lowest BCUT2D eigenvalue weighted by atomic mass is 9.95. The maximum absolute atomic E-state index is 12.7. The number of hydrogen-bond donors (Lipinski definition) is 4. The van der Waals surface area contributed by atoms with Crippen LogP contribution >= 0.6 is 0 Å². The molecule has 4 N–H and O–H groups in total. The van der Waals surface area contributed by atoms with Crippen molar-refractivity contribution < 1.29 is 19.8 Å². The van der Waals surface area contributed by atoms with Crippen LogP contribution in [0.2, 0.25) is 0 Å². The van der Waals surface area contributed by atoms with Crippen LogP contribution in [0.4, 0.5) is 5.69 Å². The quantitative estimate of drug-likeness (QED) is 0.446. The monoisotopic (exact) mass is 394 g/mol. The van der Waals surface area contributed by atoms with Gasteiger partial charge in [-0.3, -0.25) is 9.59 Å². The average Bonchev–Trinajstić information content (AvgIpc) is 3.07. The normalized spacial score (nSPS) is 17.0. The summed E-state index contributed by atoms with van der Waals surface area (Å²) in [4.78, 5) is 27.4. The molecule has 0 radical (unpaired) electrons. The zero-order valence-corrected chi connectivity index (χ0v) is 16.4. The van der Waals surface area contributed by atoms with Crippen molar-refractivity contribution in [2.45, 2.75) is 51.4 Å². The van der Waals surface area contributed by atoms with Crippen LogP contribution in [0, 0.1) is 0 Å². The third-order valence-corrected chi connectivity index (χ3v) is 5.86. The molecule has 2 aliphatic rings. The van der Waals surface area contributed by atoms with E-state index in [9.17, 15) is 19.8 Å².